The monoisotopic (exact) mass is 364 g/mol. The number of hydrogen-bond donors (Lipinski definition) is 2. The molecule has 4 rings (SSSR count). The van der Waals surface area contributed by atoms with E-state index in [0.29, 0.717) is 24.4 Å². The van der Waals surface area contributed by atoms with E-state index in [0.717, 1.165) is 5.56 Å². The molecule has 1 fully saturated rings. The number of carbonyl (C=O) groups excluding carboxylic acids is 1. The molecule has 1 aromatic carbocycles. The maximum Gasteiger partial charge on any atom is 0.290 e. The van der Waals surface area contributed by atoms with Gasteiger partial charge in [-0.05, 0) is 12.8 Å². The van der Waals surface area contributed by atoms with Crippen LogP contribution in [0, 0.1) is 12.3 Å². The molecule has 136 valence electrons. The average Bonchev–Trinajstić information content (AvgIpc) is 3.34. The Morgan fingerprint density at radius 1 is 1.30 bits per heavy atom. The van der Waals surface area contributed by atoms with Gasteiger partial charge in [-0.3, -0.25) is 4.79 Å². The van der Waals surface area contributed by atoms with Gasteiger partial charge < -0.3 is 19.4 Å². The maximum absolute atomic E-state index is 12.3. The van der Waals surface area contributed by atoms with Crippen LogP contribution in [0.1, 0.15) is 47.2 Å². The van der Waals surface area contributed by atoms with Gasteiger partial charge >= 0.3 is 0 Å². The van der Waals surface area contributed by atoms with Crippen molar-refractivity contribution in [2.75, 3.05) is 0 Å². The molecule has 1 aliphatic carbocycles. The van der Waals surface area contributed by atoms with Crippen LogP contribution in [-0.2, 0) is 0 Å². The number of terminal acetylenes is 1. The van der Waals surface area contributed by atoms with Gasteiger partial charge in [-0.1, -0.05) is 41.4 Å². The lowest BCUT2D eigenvalue weighted by atomic mass is 9.80. The number of aliphatic hydroxyl groups is 1. The van der Waals surface area contributed by atoms with E-state index in [1.54, 1.807) is 6.07 Å². The van der Waals surface area contributed by atoms with Crippen molar-refractivity contribution in [3.8, 4) is 23.6 Å². The van der Waals surface area contributed by atoms with E-state index in [-0.39, 0.29) is 29.5 Å². The van der Waals surface area contributed by atoms with Crippen LogP contribution >= 0.6 is 0 Å². The molecule has 8 heteroatoms. The van der Waals surface area contributed by atoms with Crippen LogP contribution in [0.2, 0.25) is 0 Å². The number of benzene rings is 1. The van der Waals surface area contributed by atoms with E-state index in [9.17, 15) is 9.90 Å². The third kappa shape index (κ3) is 3.45. The largest absolute Gasteiger partial charge is 0.421 e. The van der Waals surface area contributed by atoms with Crippen molar-refractivity contribution in [3.05, 3.63) is 53.9 Å². The Hall–Kier alpha value is -3.44. The number of nitrogens with zero attached hydrogens (tertiary/aromatic N) is 3. The SMILES string of the molecule is C#C[C@@H](O)c1nnc(C2CC(NC(=O)c3cc(-c4ccccc4)no3)C2)o1. The fraction of sp³-hybridized carbons (Fsp3) is 0.263. The first-order valence-corrected chi connectivity index (χ1v) is 8.44. The van der Waals surface area contributed by atoms with Gasteiger partial charge in [-0.15, -0.1) is 16.6 Å². The van der Waals surface area contributed by atoms with Crippen LogP contribution in [0.4, 0.5) is 0 Å². The van der Waals surface area contributed by atoms with Crippen molar-refractivity contribution in [1.29, 1.82) is 0 Å². The van der Waals surface area contributed by atoms with Crippen molar-refractivity contribution in [3.63, 3.8) is 0 Å². The lowest BCUT2D eigenvalue weighted by Gasteiger charge is -2.33. The summed E-state index contributed by atoms with van der Waals surface area (Å²) in [5.74, 6) is 2.41. The number of nitrogens with one attached hydrogen (secondary N) is 1. The van der Waals surface area contributed by atoms with Gasteiger partial charge in [0.15, 0.2) is 6.10 Å². The second-order valence-electron chi connectivity index (χ2n) is 6.33. The molecule has 3 aromatic rings. The predicted molar refractivity (Wildman–Crippen MR) is 93.3 cm³/mol. The molecule has 0 spiro atoms. The summed E-state index contributed by atoms with van der Waals surface area (Å²) in [5.41, 5.74) is 1.49. The maximum atomic E-state index is 12.3. The number of hydrogen-bond acceptors (Lipinski definition) is 7. The van der Waals surface area contributed by atoms with Gasteiger partial charge in [0.1, 0.15) is 5.69 Å². The molecule has 1 atom stereocenters. The third-order valence-corrected chi connectivity index (χ3v) is 4.47. The Labute approximate surface area is 154 Å². The molecule has 8 nitrogen and oxygen atoms in total. The smallest absolute Gasteiger partial charge is 0.290 e. The summed E-state index contributed by atoms with van der Waals surface area (Å²) in [6.45, 7) is 0. The molecule has 1 aliphatic rings. The molecular weight excluding hydrogens is 348 g/mol. The molecular formula is C19H16N4O4. The minimum absolute atomic E-state index is 0.00934. The van der Waals surface area contributed by atoms with Crippen LogP contribution in [0.5, 0.6) is 0 Å². The number of aromatic nitrogens is 3. The highest BCUT2D eigenvalue weighted by Crippen LogP contribution is 2.36. The van der Waals surface area contributed by atoms with E-state index in [4.69, 9.17) is 15.4 Å². The van der Waals surface area contributed by atoms with Crippen LogP contribution in [0.3, 0.4) is 0 Å². The summed E-state index contributed by atoms with van der Waals surface area (Å²) in [6, 6.07) is 11.1. The Balaban J connectivity index is 1.33. The summed E-state index contributed by atoms with van der Waals surface area (Å²) in [5, 5.41) is 24.0. The van der Waals surface area contributed by atoms with Crippen molar-refractivity contribution >= 4 is 5.91 Å². The van der Waals surface area contributed by atoms with Crippen molar-refractivity contribution in [2.45, 2.75) is 30.9 Å². The van der Waals surface area contributed by atoms with Crippen LogP contribution in [-0.4, -0.2) is 32.4 Å². The molecule has 2 heterocycles. The fourth-order valence-corrected chi connectivity index (χ4v) is 2.91. The minimum atomic E-state index is -1.20. The zero-order valence-corrected chi connectivity index (χ0v) is 14.2. The predicted octanol–water partition coefficient (Wildman–Crippen LogP) is 2.07. The van der Waals surface area contributed by atoms with E-state index in [2.05, 4.69) is 26.6 Å². The minimum Gasteiger partial charge on any atom is -0.421 e. The topological polar surface area (TPSA) is 114 Å². The van der Waals surface area contributed by atoms with Crippen LogP contribution in [0.15, 0.2) is 45.3 Å². The molecule has 1 amide bonds. The number of amides is 1. The summed E-state index contributed by atoms with van der Waals surface area (Å²) >= 11 is 0. The van der Waals surface area contributed by atoms with Gasteiger partial charge in [0.2, 0.25) is 11.7 Å². The van der Waals surface area contributed by atoms with Gasteiger partial charge in [0.25, 0.3) is 11.8 Å². The summed E-state index contributed by atoms with van der Waals surface area (Å²) in [6.07, 6.45) is 5.22. The summed E-state index contributed by atoms with van der Waals surface area (Å²) < 4.78 is 10.5. The summed E-state index contributed by atoms with van der Waals surface area (Å²) in [7, 11) is 0. The molecule has 0 radical (unpaired) electrons. The highest BCUT2D eigenvalue weighted by Gasteiger charge is 2.36. The first kappa shape index (κ1) is 17.0. The van der Waals surface area contributed by atoms with E-state index >= 15 is 0 Å². The van der Waals surface area contributed by atoms with Crippen molar-refractivity contribution < 1.29 is 18.8 Å². The highest BCUT2D eigenvalue weighted by molar-refractivity contribution is 5.92. The first-order valence-electron chi connectivity index (χ1n) is 8.44. The van der Waals surface area contributed by atoms with E-state index < -0.39 is 6.10 Å². The van der Waals surface area contributed by atoms with Gasteiger partial charge in [-0.25, -0.2) is 0 Å². The average molecular weight is 364 g/mol. The lowest BCUT2D eigenvalue weighted by molar-refractivity contribution is 0.0865. The molecule has 0 saturated heterocycles. The zero-order chi connectivity index (χ0) is 18.8. The van der Waals surface area contributed by atoms with Crippen LogP contribution in [0.25, 0.3) is 11.3 Å². The molecule has 27 heavy (non-hydrogen) atoms. The molecule has 1 saturated carbocycles. The van der Waals surface area contributed by atoms with E-state index in [1.807, 2.05) is 30.3 Å². The third-order valence-electron chi connectivity index (χ3n) is 4.47. The summed E-state index contributed by atoms with van der Waals surface area (Å²) in [4.78, 5) is 12.3. The van der Waals surface area contributed by atoms with Crippen molar-refractivity contribution in [2.24, 2.45) is 0 Å². The fourth-order valence-electron chi connectivity index (χ4n) is 2.91. The second-order valence-corrected chi connectivity index (χ2v) is 6.33. The quantitative estimate of drug-likeness (QED) is 0.666. The van der Waals surface area contributed by atoms with Crippen molar-refractivity contribution in [1.82, 2.24) is 20.7 Å². The lowest BCUT2D eigenvalue weighted by Crippen LogP contribution is -2.43. The molecule has 0 aliphatic heterocycles. The molecule has 2 aromatic heterocycles. The highest BCUT2D eigenvalue weighted by atomic mass is 16.5. The number of carbonyl (C=O) groups is 1. The van der Waals surface area contributed by atoms with Gasteiger partial charge in [0.05, 0.1) is 0 Å². The first-order chi connectivity index (χ1) is 13.1. The second kappa shape index (κ2) is 7.05. The molecule has 0 bridgehead atoms. The Morgan fingerprint density at radius 3 is 2.81 bits per heavy atom. The molecule has 0 unspecified atom stereocenters. The number of aliphatic hydroxyl groups excluding tert-OH is 1. The standard InChI is InChI=1S/C19H16N4O4/c1-2-15(24)19-22-21-18(26-19)12-8-13(9-12)20-17(25)16-10-14(23-27-16)11-6-4-3-5-7-11/h1,3-7,10,12-13,15,24H,8-9H2,(H,20,25)/t12?,13?,15-/m1/s1. The van der Waals surface area contributed by atoms with Gasteiger partial charge in [-0.2, -0.15) is 0 Å². The molecule has 2 N–H and O–H groups in total. The Kier molecular flexibility index (Phi) is 4.44. The van der Waals surface area contributed by atoms with Gasteiger partial charge in [0, 0.05) is 23.6 Å². The number of rotatable bonds is 5. The Bertz CT molecular complexity index is 983. The van der Waals surface area contributed by atoms with Crippen LogP contribution < -0.4 is 5.32 Å². The van der Waals surface area contributed by atoms with E-state index in [1.165, 1.54) is 0 Å². The normalized spacial score (nSPS) is 19.7. The zero-order valence-electron chi connectivity index (χ0n) is 14.2. The Morgan fingerprint density at radius 2 is 2.07 bits per heavy atom.